The van der Waals surface area contributed by atoms with Gasteiger partial charge in [0, 0.05) is 16.9 Å². The molecule has 1 fully saturated rings. The minimum absolute atomic E-state index is 0.106. The number of aryl methyl sites for hydroxylation is 2. The number of thiocarbonyl (C=S) groups is 1. The lowest BCUT2D eigenvalue weighted by atomic mass is 10.1. The average Bonchev–Trinajstić information content (AvgIpc) is 3.12. The van der Waals surface area contributed by atoms with Gasteiger partial charge < -0.3 is 5.32 Å². The van der Waals surface area contributed by atoms with E-state index in [2.05, 4.69) is 20.9 Å². The molecule has 2 heterocycles. The highest BCUT2D eigenvalue weighted by molar-refractivity contribution is 7.91. The second-order valence-electron chi connectivity index (χ2n) is 7.16. The summed E-state index contributed by atoms with van der Waals surface area (Å²) in [5.41, 5.74) is 8.66. The van der Waals surface area contributed by atoms with Crippen molar-refractivity contribution in [2.24, 2.45) is 5.10 Å². The van der Waals surface area contributed by atoms with Crippen LogP contribution in [-0.2, 0) is 9.84 Å². The van der Waals surface area contributed by atoms with Crippen molar-refractivity contribution in [1.29, 1.82) is 0 Å². The van der Waals surface area contributed by atoms with Gasteiger partial charge in [0.05, 0.1) is 29.5 Å². The molecule has 0 spiro atoms. The minimum Gasteiger partial charge on any atom is -0.331 e. The molecule has 7 nitrogen and oxygen atoms in total. The van der Waals surface area contributed by atoms with Crippen molar-refractivity contribution in [3.8, 4) is 0 Å². The van der Waals surface area contributed by atoms with Gasteiger partial charge in [-0.15, -0.1) is 0 Å². The SMILES string of the molecule is Cc1cccc(NC(=S)N/N=C\c2c(C)nn([C@H]3CCS(=O)(=O)C3)c2C)c1C. The van der Waals surface area contributed by atoms with E-state index >= 15 is 0 Å². The highest BCUT2D eigenvalue weighted by Gasteiger charge is 2.31. The Hall–Kier alpha value is -2.26. The fourth-order valence-corrected chi connectivity index (χ4v) is 5.23. The first-order valence-electron chi connectivity index (χ1n) is 9.10. The predicted molar refractivity (Wildman–Crippen MR) is 117 cm³/mol. The lowest BCUT2D eigenvalue weighted by Crippen LogP contribution is -2.24. The summed E-state index contributed by atoms with van der Waals surface area (Å²) >= 11 is 5.31. The number of benzene rings is 1. The molecule has 0 saturated carbocycles. The zero-order chi connectivity index (χ0) is 20.5. The van der Waals surface area contributed by atoms with Gasteiger partial charge in [-0.2, -0.15) is 10.2 Å². The first kappa shape index (κ1) is 20.5. The number of nitrogens with zero attached hydrogens (tertiary/aromatic N) is 3. The maximum atomic E-state index is 11.8. The summed E-state index contributed by atoms with van der Waals surface area (Å²) in [6.45, 7) is 7.90. The molecule has 0 bridgehead atoms. The van der Waals surface area contributed by atoms with Gasteiger partial charge in [-0.3, -0.25) is 10.1 Å². The van der Waals surface area contributed by atoms with Crippen LogP contribution in [-0.4, -0.2) is 41.0 Å². The van der Waals surface area contributed by atoms with E-state index in [0.717, 1.165) is 28.2 Å². The molecule has 28 heavy (non-hydrogen) atoms. The quantitative estimate of drug-likeness (QED) is 0.450. The van der Waals surface area contributed by atoms with Gasteiger partial charge >= 0.3 is 0 Å². The standard InChI is InChI=1S/C19H25N5O2S2/c1-12-6-5-7-18(13(12)2)21-19(27)22-20-10-17-14(3)23-24(15(17)4)16-8-9-28(25,26)11-16/h5-7,10,16H,8-9,11H2,1-4H3,(H2,21,22,27)/b20-10-/t16-/m0/s1. The van der Waals surface area contributed by atoms with Crippen LogP contribution < -0.4 is 10.7 Å². The van der Waals surface area contributed by atoms with E-state index in [1.54, 1.807) is 6.21 Å². The molecule has 3 rings (SSSR count). The third-order valence-corrected chi connectivity index (χ3v) is 7.09. The van der Waals surface area contributed by atoms with Crippen molar-refractivity contribution < 1.29 is 8.42 Å². The van der Waals surface area contributed by atoms with Crippen molar-refractivity contribution in [3.05, 3.63) is 46.3 Å². The van der Waals surface area contributed by atoms with Crippen LogP contribution >= 0.6 is 12.2 Å². The second kappa shape index (κ2) is 8.00. The highest BCUT2D eigenvalue weighted by Crippen LogP contribution is 2.26. The van der Waals surface area contributed by atoms with E-state index < -0.39 is 9.84 Å². The zero-order valence-corrected chi connectivity index (χ0v) is 18.1. The minimum atomic E-state index is -2.96. The van der Waals surface area contributed by atoms with Crippen LogP contribution in [0.2, 0.25) is 0 Å². The Morgan fingerprint density at radius 1 is 1.32 bits per heavy atom. The molecule has 1 aliphatic heterocycles. The van der Waals surface area contributed by atoms with Gasteiger partial charge in [0.15, 0.2) is 14.9 Å². The average molecular weight is 420 g/mol. The Bertz CT molecular complexity index is 1040. The third kappa shape index (κ3) is 4.41. The van der Waals surface area contributed by atoms with Gasteiger partial charge in [-0.25, -0.2) is 8.42 Å². The molecule has 2 N–H and O–H groups in total. The Kier molecular flexibility index (Phi) is 5.85. The van der Waals surface area contributed by atoms with Crippen molar-refractivity contribution in [2.75, 3.05) is 16.8 Å². The number of aromatic nitrogens is 2. The van der Waals surface area contributed by atoms with Crippen LogP contribution in [0.25, 0.3) is 0 Å². The van der Waals surface area contributed by atoms with Crippen molar-refractivity contribution in [3.63, 3.8) is 0 Å². The molecule has 1 saturated heterocycles. The Labute approximate surface area is 171 Å². The lowest BCUT2D eigenvalue weighted by Gasteiger charge is -2.11. The molecule has 1 aromatic heterocycles. The van der Waals surface area contributed by atoms with E-state index in [0.29, 0.717) is 11.5 Å². The summed E-state index contributed by atoms with van der Waals surface area (Å²) in [4.78, 5) is 0. The molecule has 1 aromatic carbocycles. The first-order chi connectivity index (χ1) is 13.2. The number of rotatable bonds is 4. The smallest absolute Gasteiger partial charge is 0.191 e. The first-order valence-corrected chi connectivity index (χ1v) is 11.3. The summed E-state index contributed by atoms with van der Waals surface area (Å²) in [5.74, 6) is 0.368. The molecule has 2 aromatic rings. The number of hydrogen-bond donors (Lipinski definition) is 2. The maximum absolute atomic E-state index is 11.8. The summed E-state index contributed by atoms with van der Waals surface area (Å²) in [5, 5.41) is 12.3. The molecular weight excluding hydrogens is 394 g/mol. The van der Waals surface area contributed by atoms with Crippen molar-refractivity contribution >= 4 is 39.1 Å². The normalized spacial score (nSPS) is 18.5. The molecule has 1 aliphatic rings. The van der Waals surface area contributed by atoms with Crippen LogP contribution in [0.3, 0.4) is 0 Å². The lowest BCUT2D eigenvalue weighted by molar-refractivity contribution is 0.486. The molecule has 0 aliphatic carbocycles. The second-order valence-corrected chi connectivity index (χ2v) is 9.79. The maximum Gasteiger partial charge on any atom is 0.191 e. The van der Waals surface area contributed by atoms with Gasteiger partial charge in [0.1, 0.15) is 0 Å². The number of hydrogen-bond acceptors (Lipinski definition) is 5. The predicted octanol–water partition coefficient (Wildman–Crippen LogP) is 2.80. The van der Waals surface area contributed by atoms with Crippen LogP contribution in [0.15, 0.2) is 23.3 Å². The van der Waals surface area contributed by atoms with Crippen LogP contribution in [0.1, 0.15) is 40.5 Å². The molecular formula is C19H25N5O2S2. The Morgan fingerprint density at radius 2 is 2.07 bits per heavy atom. The monoisotopic (exact) mass is 419 g/mol. The fraction of sp³-hybridized carbons (Fsp3) is 0.421. The third-order valence-electron chi connectivity index (χ3n) is 5.15. The summed E-state index contributed by atoms with van der Waals surface area (Å²) in [6, 6.07) is 5.88. The summed E-state index contributed by atoms with van der Waals surface area (Å²) < 4.78 is 25.3. The Balaban J connectivity index is 1.67. The van der Waals surface area contributed by atoms with E-state index in [1.165, 1.54) is 5.56 Å². The summed E-state index contributed by atoms with van der Waals surface area (Å²) in [7, 11) is -2.96. The molecule has 0 radical (unpaired) electrons. The molecule has 0 unspecified atom stereocenters. The molecule has 1 atom stereocenters. The van der Waals surface area contributed by atoms with Crippen LogP contribution in [0, 0.1) is 27.7 Å². The van der Waals surface area contributed by atoms with Gasteiger partial charge in [0.25, 0.3) is 0 Å². The van der Waals surface area contributed by atoms with Crippen molar-refractivity contribution in [1.82, 2.24) is 15.2 Å². The summed E-state index contributed by atoms with van der Waals surface area (Å²) in [6.07, 6.45) is 2.28. The number of sulfone groups is 1. The number of anilines is 1. The molecule has 150 valence electrons. The zero-order valence-electron chi connectivity index (χ0n) is 16.5. The van der Waals surface area contributed by atoms with Crippen LogP contribution in [0.4, 0.5) is 5.69 Å². The van der Waals surface area contributed by atoms with Gasteiger partial charge in [0.2, 0.25) is 0 Å². The van der Waals surface area contributed by atoms with E-state index in [-0.39, 0.29) is 17.5 Å². The Morgan fingerprint density at radius 3 is 2.75 bits per heavy atom. The topological polar surface area (TPSA) is 88.4 Å². The molecule has 9 heteroatoms. The largest absolute Gasteiger partial charge is 0.331 e. The fourth-order valence-electron chi connectivity index (χ4n) is 3.38. The highest BCUT2D eigenvalue weighted by atomic mass is 32.2. The number of hydrazone groups is 1. The van der Waals surface area contributed by atoms with Crippen LogP contribution in [0.5, 0.6) is 0 Å². The number of nitrogens with one attached hydrogen (secondary N) is 2. The van der Waals surface area contributed by atoms with E-state index in [9.17, 15) is 8.42 Å². The molecule has 0 amide bonds. The van der Waals surface area contributed by atoms with E-state index in [4.69, 9.17) is 12.2 Å². The van der Waals surface area contributed by atoms with E-state index in [1.807, 2.05) is 50.6 Å². The van der Waals surface area contributed by atoms with Gasteiger partial charge in [-0.1, -0.05) is 12.1 Å². The van der Waals surface area contributed by atoms with Crippen molar-refractivity contribution in [2.45, 2.75) is 40.2 Å². The van der Waals surface area contributed by atoms with Gasteiger partial charge in [-0.05, 0) is 63.5 Å².